The molecule has 0 unspecified atom stereocenters. The molecule has 3 nitrogen and oxygen atoms in total. The highest BCUT2D eigenvalue weighted by atomic mass is 79.9. The molecule has 0 atom stereocenters. The van der Waals surface area contributed by atoms with Crippen LogP contribution in [0, 0.1) is 19.3 Å². The summed E-state index contributed by atoms with van der Waals surface area (Å²) in [6, 6.07) is 11.5. The maximum atomic E-state index is 7.35. The van der Waals surface area contributed by atoms with Gasteiger partial charge in [-0.25, -0.2) is 0 Å². The van der Waals surface area contributed by atoms with Crippen LogP contribution in [0.1, 0.15) is 22.3 Å². The third kappa shape index (κ3) is 3.39. The summed E-state index contributed by atoms with van der Waals surface area (Å²) < 4.78 is 6.92. The van der Waals surface area contributed by atoms with Crippen molar-refractivity contribution in [2.24, 2.45) is 5.73 Å². The minimum atomic E-state index is 0.0802. The highest BCUT2D eigenvalue weighted by Gasteiger charge is 2.04. The van der Waals surface area contributed by atoms with Gasteiger partial charge in [-0.15, -0.1) is 0 Å². The van der Waals surface area contributed by atoms with Gasteiger partial charge in [0.2, 0.25) is 0 Å². The Morgan fingerprint density at radius 1 is 1.15 bits per heavy atom. The zero-order chi connectivity index (χ0) is 14.7. The van der Waals surface area contributed by atoms with Gasteiger partial charge in [0.05, 0.1) is 0 Å². The highest BCUT2D eigenvalue weighted by molar-refractivity contribution is 9.10. The number of ether oxygens (including phenoxy) is 1. The van der Waals surface area contributed by atoms with Crippen LogP contribution in [0.2, 0.25) is 0 Å². The molecule has 2 aromatic carbocycles. The SMILES string of the molecule is Cc1cc(OCc2ccc(C(=N)N)cc2)cc(C)c1Br. The van der Waals surface area contributed by atoms with Crippen LogP contribution in [-0.2, 0) is 6.61 Å². The smallest absolute Gasteiger partial charge is 0.122 e. The van der Waals surface area contributed by atoms with Crippen LogP contribution in [0.25, 0.3) is 0 Å². The molecule has 0 aliphatic carbocycles. The molecule has 104 valence electrons. The van der Waals surface area contributed by atoms with Crippen molar-refractivity contribution in [3.8, 4) is 5.75 Å². The number of nitrogens with one attached hydrogen (secondary N) is 1. The fraction of sp³-hybridized carbons (Fsp3) is 0.188. The summed E-state index contributed by atoms with van der Waals surface area (Å²) >= 11 is 3.54. The Morgan fingerprint density at radius 2 is 1.70 bits per heavy atom. The maximum Gasteiger partial charge on any atom is 0.122 e. The standard InChI is InChI=1S/C16H17BrN2O/c1-10-7-14(8-11(2)15(10)17)20-9-12-3-5-13(6-4-12)16(18)19/h3-8H,9H2,1-2H3,(H3,18,19). The van der Waals surface area contributed by atoms with Gasteiger partial charge in [-0.3, -0.25) is 5.41 Å². The van der Waals surface area contributed by atoms with E-state index in [2.05, 4.69) is 15.9 Å². The molecule has 3 N–H and O–H groups in total. The van der Waals surface area contributed by atoms with Crippen molar-refractivity contribution in [2.75, 3.05) is 0 Å². The van der Waals surface area contributed by atoms with E-state index < -0.39 is 0 Å². The molecule has 4 heteroatoms. The lowest BCUT2D eigenvalue weighted by Gasteiger charge is -2.10. The minimum absolute atomic E-state index is 0.0802. The summed E-state index contributed by atoms with van der Waals surface area (Å²) in [5, 5.41) is 7.35. The van der Waals surface area contributed by atoms with Gasteiger partial charge in [-0.1, -0.05) is 40.2 Å². The second-order valence-electron chi connectivity index (χ2n) is 4.77. The number of aryl methyl sites for hydroxylation is 2. The predicted molar refractivity (Wildman–Crippen MR) is 85.4 cm³/mol. The van der Waals surface area contributed by atoms with E-state index in [-0.39, 0.29) is 5.84 Å². The van der Waals surface area contributed by atoms with E-state index in [1.807, 2.05) is 50.2 Å². The van der Waals surface area contributed by atoms with Gasteiger partial charge in [0.1, 0.15) is 18.2 Å². The molecule has 0 saturated heterocycles. The molecular formula is C16H17BrN2O. The van der Waals surface area contributed by atoms with Gasteiger partial charge in [0.15, 0.2) is 0 Å². The van der Waals surface area contributed by atoms with E-state index in [0.29, 0.717) is 6.61 Å². The topological polar surface area (TPSA) is 59.1 Å². The molecule has 2 rings (SSSR count). The number of nitrogen functional groups attached to an aromatic ring is 1. The van der Waals surface area contributed by atoms with Crippen LogP contribution in [0.3, 0.4) is 0 Å². The third-order valence-corrected chi connectivity index (χ3v) is 4.33. The van der Waals surface area contributed by atoms with E-state index in [9.17, 15) is 0 Å². The molecule has 0 bridgehead atoms. The van der Waals surface area contributed by atoms with Crippen molar-refractivity contribution in [2.45, 2.75) is 20.5 Å². The monoisotopic (exact) mass is 332 g/mol. The van der Waals surface area contributed by atoms with Crippen molar-refractivity contribution in [1.82, 2.24) is 0 Å². The summed E-state index contributed by atoms with van der Waals surface area (Å²) in [7, 11) is 0. The van der Waals surface area contributed by atoms with Crippen molar-refractivity contribution in [3.05, 3.63) is 63.1 Å². The van der Waals surface area contributed by atoms with Crippen LogP contribution in [0.15, 0.2) is 40.9 Å². The van der Waals surface area contributed by atoms with E-state index in [1.165, 1.54) is 0 Å². The lowest BCUT2D eigenvalue weighted by atomic mass is 10.1. The van der Waals surface area contributed by atoms with Crippen LogP contribution < -0.4 is 10.5 Å². The normalized spacial score (nSPS) is 10.3. The first-order valence-corrected chi connectivity index (χ1v) is 7.09. The summed E-state index contributed by atoms with van der Waals surface area (Å²) in [6.07, 6.45) is 0. The molecule has 0 aromatic heterocycles. The zero-order valence-electron chi connectivity index (χ0n) is 11.5. The lowest BCUT2D eigenvalue weighted by molar-refractivity contribution is 0.306. The van der Waals surface area contributed by atoms with Crippen LogP contribution in [-0.4, -0.2) is 5.84 Å². The van der Waals surface area contributed by atoms with Crippen LogP contribution in [0.4, 0.5) is 0 Å². The molecule has 0 saturated carbocycles. The van der Waals surface area contributed by atoms with Crippen molar-refractivity contribution in [3.63, 3.8) is 0 Å². The largest absolute Gasteiger partial charge is 0.489 e. The number of benzene rings is 2. The molecule has 0 fully saturated rings. The molecule has 0 aliphatic rings. The summed E-state index contributed by atoms with van der Waals surface area (Å²) in [6.45, 7) is 4.59. The third-order valence-electron chi connectivity index (χ3n) is 3.08. The van der Waals surface area contributed by atoms with Gasteiger partial charge < -0.3 is 10.5 Å². The summed E-state index contributed by atoms with van der Waals surface area (Å²) in [5.41, 5.74) is 9.52. The zero-order valence-corrected chi connectivity index (χ0v) is 13.1. The predicted octanol–water partition coefficient (Wildman–Crippen LogP) is 3.93. The fourth-order valence-corrected chi connectivity index (χ4v) is 2.17. The number of hydrogen-bond donors (Lipinski definition) is 2. The van der Waals surface area contributed by atoms with E-state index in [0.717, 1.165) is 32.5 Å². The second kappa shape index (κ2) is 6.09. The molecule has 0 radical (unpaired) electrons. The number of nitrogens with two attached hydrogens (primary N) is 1. The number of halogens is 1. The van der Waals surface area contributed by atoms with Gasteiger partial charge in [0, 0.05) is 10.0 Å². The van der Waals surface area contributed by atoms with Crippen molar-refractivity contribution in [1.29, 1.82) is 5.41 Å². The first-order chi connectivity index (χ1) is 9.47. The van der Waals surface area contributed by atoms with Crippen LogP contribution in [0.5, 0.6) is 5.75 Å². The van der Waals surface area contributed by atoms with E-state index in [1.54, 1.807) is 0 Å². The molecule has 0 amide bonds. The molecule has 0 aliphatic heterocycles. The van der Waals surface area contributed by atoms with E-state index in [4.69, 9.17) is 15.9 Å². The molecule has 20 heavy (non-hydrogen) atoms. The molecule has 0 spiro atoms. The highest BCUT2D eigenvalue weighted by Crippen LogP contribution is 2.26. The van der Waals surface area contributed by atoms with Gasteiger partial charge in [-0.2, -0.15) is 0 Å². The number of rotatable bonds is 4. The average Bonchev–Trinajstić information content (AvgIpc) is 2.42. The lowest BCUT2D eigenvalue weighted by Crippen LogP contribution is -2.10. The Morgan fingerprint density at radius 3 is 2.20 bits per heavy atom. The maximum absolute atomic E-state index is 7.35. The quantitative estimate of drug-likeness (QED) is 0.658. The van der Waals surface area contributed by atoms with E-state index >= 15 is 0 Å². The first-order valence-electron chi connectivity index (χ1n) is 6.30. The Labute approximate surface area is 127 Å². The Kier molecular flexibility index (Phi) is 4.45. The Hall–Kier alpha value is -1.81. The van der Waals surface area contributed by atoms with Crippen LogP contribution >= 0.6 is 15.9 Å². The summed E-state index contributed by atoms with van der Waals surface area (Å²) in [4.78, 5) is 0. The van der Waals surface area contributed by atoms with Gasteiger partial charge in [-0.05, 0) is 42.7 Å². The number of amidine groups is 1. The molecule has 0 heterocycles. The fourth-order valence-electron chi connectivity index (χ4n) is 1.94. The van der Waals surface area contributed by atoms with Crippen molar-refractivity contribution < 1.29 is 4.74 Å². The Bertz CT molecular complexity index is 612. The van der Waals surface area contributed by atoms with Gasteiger partial charge in [0.25, 0.3) is 0 Å². The first kappa shape index (κ1) is 14.6. The molecule has 2 aromatic rings. The minimum Gasteiger partial charge on any atom is -0.489 e. The summed E-state index contributed by atoms with van der Waals surface area (Å²) in [5.74, 6) is 0.940. The average molecular weight is 333 g/mol. The van der Waals surface area contributed by atoms with Gasteiger partial charge >= 0.3 is 0 Å². The van der Waals surface area contributed by atoms with Crippen molar-refractivity contribution >= 4 is 21.8 Å². The molecular weight excluding hydrogens is 316 g/mol. The number of hydrogen-bond acceptors (Lipinski definition) is 2. The Balaban J connectivity index is 2.07. The second-order valence-corrected chi connectivity index (χ2v) is 5.56.